The fourth-order valence-electron chi connectivity index (χ4n) is 27.1. The summed E-state index contributed by atoms with van der Waals surface area (Å²) in [6.45, 7) is 0. The third kappa shape index (κ3) is 11.6. The lowest BCUT2D eigenvalue weighted by molar-refractivity contribution is 0.769. The Morgan fingerprint density at radius 3 is 0.463 bits per heavy atom. The number of hydrogen-bond donors (Lipinski definition) is 0. The van der Waals surface area contributed by atoms with Gasteiger partial charge in [0.05, 0.1) is 5.41 Å². The molecule has 0 heterocycles. The number of anilines is 6. The van der Waals surface area contributed by atoms with E-state index in [2.05, 4.69) is 519 Å². The van der Waals surface area contributed by atoms with Crippen LogP contribution in [0.1, 0.15) is 22.3 Å². The van der Waals surface area contributed by atoms with Crippen LogP contribution in [0.25, 0.3) is 272 Å². The summed E-state index contributed by atoms with van der Waals surface area (Å²) in [7, 11) is 0. The minimum atomic E-state index is -0.966. The van der Waals surface area contributed by atoms with E-state index in [9.17, 15) is 0 Å². The van der Waals surface area contributed by atoms with Gasteiger partial charge in [-0.1, -0.05) is 425 Å². The molecule has 32 aromatic rings. The molecule has 0 atom stereocenters. The van der Waals surface area contributed by atoms with Crippen molar-refractivity contribution in [3.05, 3.63) is 532 Å². The maximum absolute atomic E-state index is 2.59. The number of benzene rings is 32. The summed E-state index contributed by atoms with van der Waals surface area (Å²) < 4.78 is 0. The topological polar surface area (TPSA) is 6.48 Å². The Bertz CT molecular complexity index is 10000. The second-order valence-electron chi connectivity index (χ2n) is 41.0. The van der Waals surface area contributed by atoms with Crippen LogP contribution in [0.5, 0.6) is 0 Å². The molecule has 0 spiro atoms. The van der Waals surface area contributed by atoms with E-state index >= 15 is 0 Å². The number of fused-ring (bicyclic) bond motifs is 3. The molecule has 0 aliphatic heterocycles. The second-order valence-corrected chi connectivity index (χ2v) is 41.0. The smallest absolute Gasteiger partial charge is 0.0714 e. The summed E-state index contributed by atoms with van der Waals surface area (Å²) in [5.74, 6) is 0. The van der Waals surface area contributed by atoms with E-state index in [1.807, 2.05) is 0 Å². The van der Waals surface area contributed by atoms with Crippen molar-refractivity contribution in [1.82, 2.24) is 0 Å². The molecule has 33 rings (SSSR count). The van der Waals surface area contributed by atoms with E-state index in [4.69, 9.17) is 0 Å². The zero-order valence-corrected chi connectivity index (χ0v) is 79.9. The Morgan fingerprint density at radius 2 is 0.265 bits per heavy atom. The first-order valence-corrected chi connectivity index (χ1v) is 51.4. The molecule has 0 aromatic heterocycles. The molecule has 32 aromatic carbocycles. The largest absolute Gasteiger partial charge is 0.311 e. The first-order valence-electron chi connectivity index (χ1n) is 51.4. The van der Waals surface area contributed by atoms with Gasteiger partial charge in [-0.05, 0) is 379 Å². The van der Waals surface area contributed by atoms with Crippen LogP contribution < -0.4 is 9.80 Å². The molecule has 2 nitrogen and oxygen atoms in total. The average molecular weight is 1850 g/mol. The molecule has 0 amide bonds. The lowest BCUT2D eigenvalue weighted by Crippen LogP contribution is -2.29. The number of hydrogen-bond acceptors (Lipinski definition) is 2. The summed E-state index contributed by atoms with van der Waals surface area (Å²) in [5, 5.41) is 45.8. The van der Waals surface area contributed by atoms with Gasteiger partial charge in [0, 0.05) is 34.1 Å². The lowest BCUT2D eigenvalue weighted by atomic mass is 9.67. The predicted octanol–water partition coefficient (Wildman–Crippen LogP) is 40.4. The third-order valence-electron chi connectivity index (χ3n) is 33.8. The summed E-state index contributed by atoms with van der Waals surface area (Å²) in [6, 6.07) is 196. The molecular weight excluding hydrogens is 1770 g/mol. The van der Waals surface area contributed by atoms with Gasteiger partial charge in [0.1, 0.15) is 0 Å². The highest BCUT2D eigenvalue weighted by Crippen LogP contribution is 2.61. The van der Waals surface area contributed by atoms with Crippen molar-refractivity contribution in [2.45, 2.75) is 5.41 Å². The molecule has 147 heavy (non-hydrogen) atoms. The van der Waals surface area contributed by atoms with Gasteiger partial charge in [-0.2, -0.15) is 0 Å². The van der Waals surface area contributed by atoms with E-state index in [0.29, 0.717) is 0 Å². The van der Waals surface area contributed by atoms with Crippen molar-refractivity contribution in [1.29, 1.82) is 0 Å². The third-order valence-corrected chi connectivity index (χ3v) is 33.8. The minimum Gasteiger partial charge on any atom is -0.311 e. The first kappa shape index (κ1) is 80.5. The predicted molar refractivity (Wildman–Crippen MR) is 628 cm³/mol. The maximum Gasteiger partial charge on any atom is 0.0714 e. The minimum absolute atomic E-state index is 0.966. The van der Waals surface area contributed by atoms with Gasteiger partial charge >= 0.3 is 0 Å². The monoisotopic (exact) mass is 1850 g/mol. The highest BCUT2D eigenvalue weighted by molar-refractivity contribution is 6.32. The molecule has 2 heteroatoms. The van der Waals surface area contributed by atoms with E-state index in [0.717, 1.165) is 78.6 Å². The molecule has 0 bridgehead atoms. The molecule has 1 aliphatic carbocycles. The van der Waals surface area contributed by atoms with Crippen LogP contribution in [0.2, 0.25) is 0 Å². The van der Waals surface area contributed by atoms with Crippen molar-refractivity contribution in [2.75, 3.05) is 9.80 Å². The second kappa shape index (κ2) is 30.5. The van der Waals surface area contributed by atoms with E-state index in [1.165, 1.54) is 250 Å². The van der Waals surface area contributed by atoms with Crippen LogP contribution >= 0.6 is 0 Å². The van der Waals surface area contributed by atoms with E-state index in [-0.39, 0.29) is 0 Å². The Hall–Kier alpha value is -19.1. The van der Waals surface area contributed by atoms with Gasteiger partial charge < -0.3 is 9.80 Å². The highest BCUT2D eigenvalue weighted by Gasteiger charge is 2.47. The molecule has 0 unspecified atom stereocenters. The van der Waals surface area contributed by atoms with Crippen molar-refractivity contribution in [3.63, 3.8) is 0 Å². The molecule has 0 fully saturated rings. The number of rotatable bonds is 14. The molecule has 0 saturated heterocycles. The molecule has 1 aliphatic rings. The quantitative estimate of drug-likeness (QED) is 0.100. The van der Waals surface area contributed by atoms with Crippen molar-refractivity contribution < 1.29 is 0 Å². The Kier molecular flexibility index (Phi) is 16.7. The van der Waals surface area contributed by atoms with Crippen molar-refractivity contribution in [2.24, 2.45) is 0 Å². The molecule has 674 valence electrons. The maximum atomic E-state index is 2.59. The van der Waals surface area contributed by atoms with Crippen molar-refractivity contribution >= 4 is 228 Å². The summed E-state index contributed by atoms with van der Waals surface area (Å²) in [6.07, 6.45) is 0. The van der Waals surface area contributed by atoms with Crippen LogP contribution in [0.15, 0.2) is 510 Å². The zero-order chi connectivity index (χ0) is 95.7. The van der Waals surface area contributed by atoms with Crippen LogP contribution in [0, 0.1) is 0 Å². The first-order chi connectivity index (χ1) is 72.8. The van der Waals surface area contributed by atoms with Gasteiger partial charge in [0.25, 0.3) is 0 Å². The van der Waals surface area contributed by atoms with Gasteiger partial charge in [-0.25, -0.2) is 0 Å². The van der Waals surface area contributed by atoms with Crippen molar-refractivity contribution in [3.8, 4) is 77.9 Å². The van der Waals surface area contributed by atoms with E-state index < -0.39 is 5.41 Å². The van der Waals surface area contributed by atoms with Crippen LogP contribution in [-0.4, -0.2) is 0 Å². The Balaban J connectivity index is 0.599. The van der Waals surface area contributed by atoms with Gasteiger partial charge in [0.15, 0.2) is 0 Å². The standard InChI is InChI=1S/C145H84N2/c1-7-89-19-25-101-39-69-117(125-77-45-95(13-1)133(89)139(101)125)85-31-57-111(58-32-85)146(112-59-33-86(34-60-112)118-70-40-102-26-20-90-8-2-14-96-46-78-126(118)140(102)134(90)96)115-65-53-109(54-66-115)145(131-83-107(121-73-43-105-29-23-93-11-5-17-99-49-81-129(121)143(105)137(93)99)51-75-123(131)124-76-52-108(84-132(124)145)122-74-44-106-30-24-94-12-6-18-100-50-82-130(122)144(106)138(94)100)110-55-67-116(68-56-110)147(113-61-35-87(36-62-113)119-71-41-103-27-21-91-9-3-15-97-47-79-127(119)141(103)135(91)97)114-63-37-88(38-64-114)120-72-42-104-28-22-92-10-4-16-98-48-80-128(120)142(104)136(92)98/h1-84H. The average Bonchev–Trinajstić information content (AvgIpc) is 1.53. The SMILES string of the molecule is c1cc2ccc3ccc(-c4ccc(N(c5ccc(-c6ccc7ccc8cccc9ccc6c7c89)cc5)c5ccc(C6(c7ccc(N(c8ccc(-c9ccc%10ccc%11cccc%12ccc9c%10c%11%12)cc8)c8ccc(-c9ccc%10ccc%11cccc%12ccc9c%10c%11%12)cc8)cc7)c7cc(-c8ccc9ccc%10cccc%11ccc8c9c%10%11)ccc7-c7ccc(-c8ccc9ccc%10cccc%11ccc8c9c%10%11)cc76)cc5)cc4)c4ccc(c1)c2c34. The summed E-state index contributed by atoms with van der Waals surface area (Å²) in [4.78, 5) is 4.96. The highest BCUT2D eigenvalue weighted by atomic mass is 15.1. The van der Waals surface area contributed by atoms with Gasteiger partial charge in [0.2, 0.25) is 0 Å². The lowest BCUT2D eigenvalue weighted by Gasteiger charge is -2.35. The van der Waals surface area contributed by atoms with Gasteiger partial charge in [-0.15, -0.1) is 0 Å². The Labute approximate surface area is 846 Å². The fraction of sp³-hybridized carbons (Fsp3) is 0.00690. The van der Waals surface area contributed by atoms with Crippen LogP contribution in [0.3, 0.4) is 0 Å². The van der Waals surface area contributed by atoms with Gasteiger partial charge in [-0.3, -0.25) is 0 Å². The Morgan fingerprint density at radius 1 is 0.116 bits per heavy atom. The van der Waals surface area contributed by atoms with Crippen LogP contribution in [-0.2, 0) is 5.41 Å². The summed E-state index contributed by atoms with van der Waals surface area (Å²) >= 11 is 0. The molecule has 0 N–H and O–H groups in total. The zero-order valence-electron chi connectivity index (χ0n) is 79.9. The van der Waals surface area contributed by atoms with Crippen LogP contribution in [0.4, 0.5) is 34.1 Å². The molecule has 0 saturated carbocycles. The fourth-order valence-corrected chi connectivity index (χ4v) is 27.1. The summed E-state index contributed by atoms with van der Waals surface area (Å²) in [5.41, 5.74) is 26.7. The van der Waals surface area contributed by atoms with E-state index in [1.54, 1.807) is 0 Å². The molecular formula is C145H84N2. The molecule has 0 radical (unpaired) electrons. The number of nitrogens with zero attached hydrogens (tertiary/aromatic N) is 2. The normalized spacial score (nSPS) is 12.8.